The summed E-state index contributed by atoms with van der Waals surface area (Å²) in [5, 5.41) is 0. The number of amidine groups is 1. The van der Waals surface area contributed by atoms with Gasteiger partial charge in [-0.05, 0) is 37.1 Å². The maximum Gasteiger partial charge on any atom is 0.125 e. The van der Waals surface area contributed by atoms with Gasteiger partial charge in [0.15, 0.2) is 0 Å². The van der Waals surface area contributed by atoms with Crippen LogP contribution in [0.4, 0.5) is 0 Å². The smallest absolute Gasteiger partial charge is 0.125 e. The highest BCUT2D eigenvalue weighted by molar-refractivity contribution is 9.10. The van der Waals surface area contributed by atoms with Gasteiger partial charge in [0.25, 0.3) is 0 Å². The lowest BCUT2D eigenvalue weighted by Gasteiger charge is -2.06. The fraction of sp³-hybridized carbons (Fsp3) is 0.300. The summed E-state index contributed by atoms with van der Waals surface area (Å²) in [7, 11) is 1.70. The Kier molecular flexibility index (Phi) is 3.09. The van der Waals surface area contributed by atoms with Gasteiger partial charge < -0.3 is 5.73 Å². The van der Waals surface area contributed by atoms with E-state index >= 15 is 0 Å². The molecule has 1 aromatic carbocycles. The number of nitrogens with zero attached hydrogens (tertiary/aromatic N) is 1. The zero-order chi connectivity index (χ0) is 10.0. The van der Waals surface area contributed by atoms with Crippen molar-refractivity contribution in [3.63, 3.8) is 0 Å². The standard InChI is InChI=1S/C10H13BrN2/c1-6-4-8(10(12)13-3)5-7(2)9(6)11/h4-5H,1-3H3,(H2,12,13). The Hall–Kier alpha value is -0.830. The monoisotopic (exact) mass is 240 g/mol. The summed E-state index contributed by atoms with van der Waals surface area (Å²) in [5.41, 5.74) is 9.07. The number of rotatable bonds is 1. The van der Waals surface area contributed by atoms with Crippen LogP contribution >= 0.6 is 15.9 Å². The summed E-state index contributed by atoms with van der Waals surface area (Å²) < 4.78 is 1.14. The predicted octanol–water partition coefficient (Wildman–Crippen LogP) is 2.40. The van der Waals surface area contributed by atoms with Gasteiger partial charge in [-0.2, -0.15) is 0 Å². The van der Waals surface area contributed by atoms with Gasteiger partial charge in [-0.1, -0.05) is 15.9 Å². The first-order valence-electron chi connectivity index (χ1n) is 4.05. The molecule has 0 bridgehead atoms. The molecule has 0 unspecified atom stereocenters. The molecule has 0 radical (unpaired) electrons. The van der Waals surface area contributed by atoms with Gasteiger partial charge in [0.05, 0.1) is 0 Å². The van der Waals surface area contributed by atoms with Crippen LogP contribution in [-0.4, -0.2) is 12.9 Å². The number of halogens is 1. The number of hydrogen-bond donors (Lipinski definition) is 1. The molecule has 3 heteroatoms. The van der Waals surface area contributed by atoms with Crippen molar-refractivity contribution in [1.29, 1.82) is 0 Å². The molecular formula is C10H13BrN2. The Morgan fingerprint density at radius 3 is 2.15 bits per heavy atom. The lowest BCUT2D eigenvalue weighted by Crippen LogP contribution is -2.13. The molecule has 0 saturated carbocycles. The van der Waals surface area contributed by atoms with Crippen molar-refractivity contribution in [2.45, 2.75) is 13.8 Å². The van der Waals surface area contributed by atoms with Crippen molar-refractivity contribution in [3.8, 4) is 0 Å². The van der Waals surface area contributed by atoms with E-state index in [4.69, 9.17) is 5.73 Å². The largest absolute Gasteiger partial charge is 0.384 e. The lowest BCUT2D eigenvalue weighted by molar-refractivity contribution is 1.31. The quantitative estimate of drug-likeness (QED) is 0.595. The first-order chi connectivity index (χ1) is 6.06. The third-order valence-electron chi connectivity index (χ3n) is 1.97. The maximum absolute atomic E-state index is 5.72. The normalized spacial score (nSPS) is 11.8. The van der Waals surface area contributed by atoms with Crippen molar-refractivity contribution < 1.29 is 0 Å². The second-order valence-corrected chi connectivity index (χ2v) is 3.83. The minimum atomic E-state index is 0.582. The van der Waals surface area contributed by atoms with Crippen LogP contribution in [0.1, 0.15) is 16.7 Å². The van der Waals surface area contributed by atoms with Crippen LogP contribution in [0.3, 0.4) is 0 Å². The second-order valence-electron chi connectivity index (χ2n) is 3.03. The average molecular weight is 241 g/mol. The van der Waals surface area contributed by atoms with Gasteiger partial charge in [-0.15, -0.1) is 0 Å². The topological polar surface area (TPSA) is 38.4 Å². The third kappa shape index (κ3) is 2.10. The molecule has 2 N–H and O–H groups in total. The zero-order valence-electron chi connectivity index (χ0n) is 8.06. The Morgan fingerprint density at radius 1 is 1.31 bits per heavy atom. The van der Waals surface area contributed by atoms with E-state index in [1.54, 1.807) is 7.05 Å². The minimum Gasteiger partial charge on any atom is -0.384 e. The van der Waals surface area contributed by atoms with E-state index in [1.165, 1.54) is 11.1 Å². The van der Waals surface area contributed by atoms with E-state index in [0.717, 1.165) is 10.0 Å². The SMILES string of the molecule is CN=C(N)c1cc(C)c(Br)c(C)c1. The molecule has 13 heavy (non-hydrogen) atoms. The van der Waals surface area contributed by atoms with Gasteiger partial charge in [0, 0.05) is 17.1 Å². The van der Waals surface area contributed by atoms with Gasteiger partial charge in [0.1, 0.15) is 5.84 Å². The predicted molar refractivity (Wildman–Crippen MR) is 60.3 cm³/mol. The number of hydrogen-bond acceptors (Lipinski definition) is 1. The number of aliphatic imine (C=N–C) groups is 1. The molecule has 1 aromatic rings. The molecule has 70 valence electrons. The molecule has 0 saturated heterocycles. The highest BCUT2D eigenvalue weighted by Crippen LogP contribution is 2.22. The van der Waals surface area contributed by atoms with Crippen molar-refractivity contribution in [1.82, 2.24) is 0 Å². The Bertz CT molecular complexity index is 333. The minimum absolute atomic E-state index is 0.582. The Morgan fingerprint density at radius 2 is 1.77 bits per heavy atom. The summed E-state index contributed by atoms with van der Waals surface area (Å²) in [6.07, 6.45) is 0. The summed E-state index contributed by atoms with van der Waals surface area (Å²) in [4.78, 5) is 3.95. The molecular weight excluding hydrogens is 228 g/mol. The van der Waals surface area contributed by atoms with Crippen molar-refractivity contribution in [3.05, 3.63) is 33.3 Å². The van der Waals surface area contributed by atoms with Crippen LogP contribution in [0.5, 0.6) is 0 Å². The molecule has 0 aliphatic carbocycles. The fourth-order valence-corrected chi connectivity index (χ4v) is 1.45. The number of aryl methyl sites for hydroxylation is 2. The van der Waals surface area contributed by atoms with Gasteiger partial charge >= 0.3 is 0 Å². The summed E-state index contributed by atoms with van der Waals surface area (Å²) in [6, 6.07) is 4.05. The van der Waals surface area contributed by atoms with Gasteiger partial charge in [-0.3, -0.25) is 4.99 Å². The highest BCUT2D eigenvalue weighted by atomic mass is 79.9. The van der Waals surface area contributed by atoms with Gasteiger partial charge in [-0.25, -0.2) is 0 Å². The molecule has 0 fully saturated rings. The van der Waals surface area contributed by atoms with Crippen LogP contribution in [0.25, 0.3) is 0 Å². The van der Waals surface area contributed by atoms with Crippen LogP contribution in [0, 0.1) is 13.8 Å². The second kappa shape index (κ2) is 3.92. The molecule has 0 heterocycles. The first-order valence-corrected chi connectivity index (χ1v) is 4.85. The number of benzene rings is 1. The van der Waals surface area contributed by atoms with E-state index in [-0.39, 0.29) is 0 Å². The Labute approximate surface area is 87.0 Å². The van der Waals surface area contributed by atoms with Crippen LogP contribution in [0.2, 0.25) is 0 Å². The molecule has 0 atom stereocenters. The highest BCUT2D eigenvalue weighted by Gasteiger charge is 2.03. The summed E-state index contributed by atoms with van der Waals surface area (Å²) in [6.45, 7) is 4.09. The zero-order valence-corrected chi connectivity index (χ0v) is 9.64. The van der Waals surface area contributed by atoms with E-state index in [2.05, 4.69) is 20.9 Å². The molecule has 0 spiro atoms. The third-order valence-corrected chi connectivity index (χ3v) is 3.22. The van der Waals surface area contributed by atoms with Crippen molar-refractivity contribution in [2.24, 2.45) is 10.7 Å². The average Bonchev–Trinajstić information content (AvgIpc) is 2.12. The summed E-state index contributed by atoms with van der Waals surface area (Å²) in [5.74, 6) is 0.582. The van der Waals surface area contributed by atoms with Crippen molar-refractivity contribution in [2.75, 3.05) is 7.05 Å². The van der Waals surface area contributed by atoms with Crippen LogP contribution < -0.4 is 5.73 Å². The van der Waals surface area contributed by atoms with Crippen LogP contribution in [-0.2, 0) is 0 Å². The van der Waals surface area contributed by atoms with Crippen LogP contribution in [0.15, 0.2) is 21.6 Å². The molecule has 0 aliphatic heterocycles. The summed E-state index contributed by atoms with van der Waals surface area (Å²) >= 11 is 3.50. The van der Waals surface area contributed by atoms with E-state index < -0.39 is 0 Å². The molecule has 2 nitrogen and oxygen atoms in total. The molecule has 0 amide bonds. The molecule has 1 rings (SSSR count). The maximum atomic E-state index is 5.72. The number of nitrogens with two attached hydrogens (primary N) is 1. The Balaban J connectivity index is 3.29. The van der Waals surface area contributed by atoms with E-state index in [1.807, 2.05) is 26.0 Å². The first kappa shape index (κ1) is 10.3. The van der Waals surface area contributed by atoms with Gasteiger partial charge in [0.2, 0.25) is 0 Å². The fourth-order valence-electron chi connectivity index (χ4n) is 1.22. The van der Waals surface area contributed by atoms with E-state index in [9.17, 15) is 0 Å². The van der Waals surface area contributed by atoms with Crippen molar-refractivity contribution >= 4 is 21.8 Å². The van der Waals surface area contributed by atoms with E-state index in [0.29, 0.717) is 5.84 Å². The lowest BCUT2D eigenvalue weighted by atomic mass is 10.1. The molecule has 0 aromatic heterocycles. The molecule has 0 aliphatic rings.